The molecule has 2 aromatic rings. The summed E-state index contributed by atoms with van der Waals surface area (Å²) >= 11 is 0. The van der Waals surface area contributed by atoms with E-state index in [9.17, 15) is 4.79 Å². The van der Waals surface area contributed by atoms with E-state index in [2.05, 4.69) is 0 Å². The van der Waals surface area contributed by atoms with Crippen LogP contribution in [0, 0.1) is 0 Å². The van der Waals surface area contributed by atoms with Gasteiger partial charge in [-0.2, -0.15) is 0 Å². The number of ether oxygens (including phenoxy) is 2. The molecule has 21 heavy (non-hydrogen) atoms. The van der Waals surface area contributed by atoms with Gasteiger partial charge in [-0.05, 0) is 23.3 Å². The highest BCUT2D eigenvalue weighted by atomic mass is 16.5. The van der Waals surface area contributed by atoms with Crippen LogP contribution in [-0.4, -0.2) is 13.1 Å². The third kappa shape index (κ3) is 2.82. The van der Waals surface area contributed by atoms with Gasteiger partial charge in [0.05, 0.1) is 13.5 Å². The Morgan fingerprint density at radius 1 is 1.14 bits per heavy atom. The number of hydrogen-bond acceptors (Lipinski definition) is 3. The number of benzene rings is 2. The first-order valence-electron chi connectivity index (χ1n) is 6.86. The number of fused-ring (bicyclic) bond motifs is 1. The van der Waals surface area contributed by atoms with Gasteiger partial charge in [-0.3, -0.25) is 4.79 Å². The van der Waals surface area contributed by atoms with Crippen molar-refractivity contribution in [1.82, 2.24) is 0 Å². The molecular formula is C18H16O3. The maximum atomic E-state index is 11.8. The predicted octanol–water partition coefficient (Wildman–Crippen LogP) is 3.55. The summed E-state index contributed by atoms with van der Waals surface area (Å²) in [6, 6.07) is 15.7. The molecule has 0 amide bonds. The fourth-order valence-corrected chi connectivity index (χ4v) is 2.54. The first-order chi connectivity index (χ1) is 10.3. The number of esters is 1. The van der Waals surface area contributed by atoms with Gasteiger partial charge >= 0.3 is 5.97 Å². The normalized spacial score (nSPS) is 17.4. The van der Waals surface area contributed by atoms with Crippen LogP contribution >= 0.6 is 0 Å². The molecule has 1 heterocycles. The Morgan fingerprint density at radius 3 is 2.71 bits per heavy atom. The number of carbonyl (C=O) groups is 1. The minimum Gasteiger partial charge on any atom is -0.496 e. The fraction of sp³-hybridized carbons (Fsp3) is 0.167. The smallest absolute Gasteiger partial charge is 0.311 e. The van der Waals surface area contributed by atoms with Gasteiger partial charge in [0.15, 0.2) is 0 Å². The molecule has 1 unspecified atom stereocenters. The highest BCUT2D eigenvalue weighted by molar-refractivity contribution is 5.76. The van der Waals surface area contributed by atoms with E-state index in [4.69, 9.17) is 9.47 Å². The van der Waals surface area contributed by atoms with Crippen LogP contribution in [0.25, 0.3) is 6.08 Å². The molecule has 1 aliphatic rings. The van der Waals surface area contributed by atoms with E-state index in [0.29, 0.717) is 6.42 Å². The monoisotopic (exact) mass is 280 g/mol. The van der Waals surface area contributed by atoms with Gasteiger partial charge in [0, 0.05) is 5.56 Å². The predicted molar refractivity (Wildman–Crippen MR) is 81.0 cm³/mol. The van der Waals surface area contributed by atoms with E-state index in [0.717, 1.165) is 22.4 Å². The Balaban J connectivity index is 1.97. The summed E-state index contributed by atoms with van der Waals surface area (Å²) in [5, 5.41) is 0. The van der Waals surface area contributed by atoms with E-state index in [1.54, 1.807) is 7.11 Å². The van der Waals surface area contributed by atoms with Crippen LogP contribution in [0.5, 0.6) is 5.75 Å². The zero-order chi connectivity index (χ0) is 14.7. The molecule has 3 heteroatoms. The van der Waals surface area contributed by atoms with Gasteiger partial charge < -0.3 is 9.47 Å². The maximum absolute atomic E-state index is 11.8. The van der Waals surface area contributed by atoms with Crippen molar-refractivity contribution < 1.29 is 14.3 Å². The molecule has 106 valence electrons. The molecule has 0 saturated heterocycles. The summed E-state index contributed by atoms with van der Waals surface area (Å²) < 4.78 is 10.9. The van der Waals surface area contributed by atoms with E-state index in [1.807, 2.05) is 60.7 Å². The molecular weight excluding hydrogens is 264 g/mol. The van der Waals surface area contributed by atoms with Crippen LogP contribution in [0.15, 0.2) is 54.6 Å². The summed E-state index contributed by atoms with van der Waals surface area (Å²) in [5.74, 6) is 0.543. The first-order valence-corrected chi connectivity index (χ1v) is 6.86. The third-order valence-corrected chi connectivity index (χ3v) is 3.52. The molecule has 2 aromatic carbocycles. The van der Waals surface area contributed by atoms with E-state index in [-0.39, 0.29) is 5.97 Å². The van der Waals surface area contributed by atoms with Crippen molar-refractivity contribution in [1.29, 1.82) is 0 Å². The van der Waals surface area contributed by atoms with Crippen molar-refractivity contribution >= 4 is 12.0 Å². The molecule has 0 aromatic heterocycles. The van der Waals surface area contributed by atoms with E-state index >= 15 is 0 Å². The van der Waals surface area contributed by atoms with Crippen molar-refractivity contribution in [2.24, 2.45) is 0 Å². The molecule has 1 aliphatic heterocycles. The standard InChI is InChI=1S/C18H16O3/c1-20-15-9-5-8-14-12-17(19)21-16(18(14)15)11-10-13-6-3-2-4-7-13/h2-11,16H,12H2,1H3/b11-10+. The zero-order valence-corrected chi connectivity index (χ0v) is 11.8. The molecule has 0 radical (unpaired) electrons. The second kappa shape index (κ2) is 5.83. The lowest BCUT2D eigenvalue weighted by atomic mass is 9.95. The van der Waals surface area contributed by atoms with Crippen molar-refractivity contribution in [2.75, 3.05) is 7.11 Å². The lowest BCUT2D eigenvalue weighted by molar-refractivity contribution is -0.147. The Hall–Kier alpha value is -2.55. The fourth-order valence-electron chi connectivity index (χ4n) is 2.54. The SMILES string of the molecule is COc1cccc2c1C(/C=C/c1ccccc1)OC(=O)C2. The van der Waals surface area contributed by atoms with Crippen LogP contribution in [0.2, 0.25) is 0 Å². The summed E-state index contributed by atoms with van der Waals surface area (Å²) in [6.45, 7) is 0. The van der Waals surface area contributed by atoms with Gasteiger partial charge in [-0.15, -0.1) is 0 Å². The third-order valence-electron chi connectivity index (χ3n) is 3.52. The largest absolute Gasteiger partial charge is 0.496 e. The average Bonchev–Trinajstić information content (AvgIpc) is 2.52. The maximum Gasteiger partial charge on any atom is 0.311 e. The van der Waals surface area contributed by atoms with Crippen LogP contribution in [0.3, 0.4) is 0 Å². The molecule has 3 nitrogen and oxygen atoms in total. The summed E-state index contributed by atoms with van der Waals surface area (Å²) in [4.78, 5) is 11.8. The second-order valence-electron chi connectivity index (χ2n) is 4.89. The lowest BCUT2D eigenvalue weighted by Crippen LogP contribution is -2.21. The average molecular weight is 280 g/mol. The molecule has 0 spiro atoms. The summed E-state index contributed by atoms with van der Waals surface area (Å²) in [5.41, 5.74) is 2.97. The van der Waals surface area contributed by atoms with Gasteiger partial charge in [0.25, 0.3) is 0 Å². The van der Waals surface area contributed by atoms with Gasteiger partial charge in [-0.25, -0.2) is 0 Å². The topological polar surface area (TPSA) is 35.5 Å². The van der Waals surface area contributed by atoms with Crippen LogP contribution < -0.4 is 4.74 Å². The van der Waals surface area contributed by atoms with Gasteiger partial charge in [-0.1, -0.05) is 48.5 Å². The van der Waals surface area contributed by atoms with Gasteiger partial charge in [0.1, 0.15) is 11.9 Å². The summed E-state index contributed by atoms with van der Waals surface area (Å²) in [6.07, 6.45) is 3.74. The van der Waals surface area contributed by atoms with Crippen molar-refractivity contribution in [3.8, 4) is 5.75 Å². The minimum atomic E-state index is -0.405. The van der Waals surface area contributed by atoms with Crippen molar-refractivity contribution in [3.63, 3.8) is 0 Å². The number of hydrogen-bond donors (Lipinski definition) is 0. The van der Waals surface area contributed by atoms with Gasteiger partial charge in [0.2, 0.25) is 0 Å². The number of carbonyl (C=O) groups excluding carboxylic acids is 1. The zero-order valence-electron chi connectivity index (χ0n) is 11.8. The first kappa shape index (κ1) is 13.4. The van der Waals surface area contributed by atoms with E-state index < -0.39 is 6.10 Å². The molecule has 1 atom stereocenters. The Morgan fingerprint density at radius 2 is 1.95 bits per heavy atom. The van der Waals surface area contributed by atoms with Crippen LogP contribution in [-0.2, 0) is 16.0 Å². The number of methoxy groups -OCH3 is 1. The molecule has 0 N–H and O–H groups in total. The molecule has 0 saturated carbocycles. The second-order valence-corrected chi connectivity index (χ2v) is 4.89. The molecule has 0 aliphatic carbocycles. The van der Waals surface area contributed by atoms with Crippen molar-refractivity contribution in [2.45, 2.75) is 12.5 Å². The van der Waals surface area contributed by atoms with E-state index in [1.165, 1.54) is 0 Å². The minimum absolute atomic E-state index is 0.210. The Bertz CT molecular complexity index is 674. The number of rotatable bonds is 3. The van der Waals surface area contributed by atoms with Crippen LogP contribution in [0.1, 0.15) is 22.8 Å². The highest BCUT2D eigenvalue weighted by Crippen LogP contribution is 2.36. The molecule has 0 fully saturated rings. The lowest BCUT2D eigenvalue weighted by Gasteiger charge is -2.25. The highest BCUT2D eigenvalue weighted by Gasteiger charge is 2.27. The summed E-state index contributed by atoms with van der Waals surface area (Å²) in [7, 11) is 1.63. The molecule has 3 rings (SSSR count). The Kier molecular flexibility index (Phi) is 3.73. The van der Waals surface area contributed by atoms with Crippen molar-refractivity contribution in [3.05, 3.63) is 71.3 Å². The molecule has 0 bridgehead atoms. The quantitative estimate of drug-likeness (QED) is 0.807. The Labute approximate surface area is 123 Å². The number of cyclic esters (lactones) is 1. The van der Waals surface area contributed by atoms with Crippen LogP contribution in [0.4, 0.5) is 0 Å².